The Kier molecular flexibility index (Phi) is 2.31. The van der Waals surface area contributed by atoms with Crippen LogP contribution in [0.4, 0.5) is 5.88 Å². The zero-order valence-electron chi connectivity index (χ0n) is 7.32. The monoisotopic (exact) mass is 180 g/mol. The van der Waals surface area contributed by atoms with Gasteiger partial charge in [0.1, 0.15) is 0 Å². The second kappa shape index (κ2) is 3.62. The second-order valence-electron chi connectivity index (χ2n) is 3.03. The summed E-state index contributed by atoms with van der Waals surface area (Å²) in [7, 11) is 0. The number of rotatable bonds is 1. The Balaban J connectivity index is 2.16. The Hall–Kier alpha value is -1.29. The van der Waals surface area contributed by atoms with E-state index in [1.165, 1.54) is 0 Å². The van der Waals surface area contributed by atoms with Crippen molar-refractivity contribution in [1.82, 2.24) is 5.32 Å². The number of hydrogen-bond acceptors (Lipinski definition) is 3. The van der Waals surface area contributed by atoms with Crippen LogP contribution >= 0.6 is 0 Å². The largest absolute Gasteiger partial charge is 0.448 e. The lowest BCUT2D eigenvalue weighted by molar-refractivity contribution is -0.117. The number of nitrogens with one attached hydrogen (secondary N) is 1. The van der Waals surface area contributed by atoms with Gasteiger partial charge in [-0.25, -0.2) is 0 Å². The van der Waals surface area contributed by atoms with E-state index in [-0.39, 0.29) is 5.91 Å². The molecule has 0 aromatic carbocycles. The molecular formula is C9H12N2O2. The summed E-state index contributed by atoms with van der Waals surface area (Å²) in [6, 6.07) is 3.60. The lowest BCUT2D eigenvalue weighted by Crippen LogP contribution is -2.34. The fraction of sp³-hybridized carbons (Fsp3) is 0.444. The van der Waals surface area contributed by atoms with Gasteiger partial charge in [0.25, 0.3) is 0 Å². The van der Waals surface area contributed by atoms with Crippen molar-refractivity contribution in [3.8, 4) is 0 Å². The standard InChI is InChI=1S/C9H12N2O2/c12-8-7-10-4-2-5-11(8)9-3-1-6-13-9/h1,3,6,10H,2,4-5,7H2. The van der Waals surface area contributed by atoms with Crippen LogP contribution in [0.15, 0.2) is 22.8 Å². The van der Waals surface area contributed by atoms with Crippen molar-refractivity contribution in [2.45, 2.75) is 6.42 Å². The number of anilines is 1. The van der Waals surface area contributed by atoms with E-state index < -0.39 is 0 Å². The highest BCUT2D eigenvalue weighted by Crippen LogP contribution is 2.15. The molecular weight excluding hydrogens is 168 g/mol. The minimum atomic E-state index is 0.0763. The third kappa shape index (κ3) is 1.72. The molecule has 2 rings (SSSR count). The van der Waals surface area contributed by atoms with Gasteiger partial charge in [-0.15, -0.1) is 0 Å². The van der Waals surface area contributed by atoms with Crippen LogP contribution in [0.5, 0.6) is 0 Å². The number of carbonyl (C=O) groups is 1. The predicted octanol–water partition coefficient (Wildman–Crippen LogP) is 0.606. The normalized spacial score (nSPS) is 18.8. The van der Waals surface area contributed by atoms with Crippen molar-refractivity contribution >= 4 is 11.8 Å². The molecule has 1 aromatic heterocycles. The minimum absolute atomic E-state index is 0.0763. The number of carbonyl (C=O) groups excluding carboxylic acids is 1. The summed E-state index contributed by atoms with van der Waals surface area (Å²) < 4.78 is 5.18. The van der Waals surface area contributed by atoms with E-state index in [2.05, 4.69) is 5.32 Å². The highest BCUT2D eigenvalue weighted by molar-refractivity contribution is 5.93. The molecule has 1 N–H and O–H groups in total. The van der Waals surface area contributed by atoms with Gasteiger partial charge < -0.3 is 9.73 Å². The first-order valence-corrected chi connectivity index (χ1v) is 4.42. The van der Waals surface area contributed by atoms with Gasteiger partial charge in [-0.3, -0.25) is 9.69 Å². The summed E-state index contributed by atoms with van der Waals surface area (Å²) in [5.74, 6) is 0.723. The van der Waals surface area contributed by atoms with E-state index in [4.69, 9.17) is 4.42 Å². The third-order valence-electron chi connectivity index (χ3n) is 2.08. The Morgan fingerprint density at radius 1 is 1.54 bits per heavy atom. The summed E-state index contributed by atoms with van der Waals surface area (Å²) in [5.41, 5.74) is 0. The fourth-order valence-electron chi connectivity index (χ4n) is 1.43. The molecule has 0 unspecified atom stereocenters. The molecule has 1 aliphatic heterocycles. The number of amides is 1. The highest BCUT2D eigenvalue weighted by Gasteiger charge is 2.19. The van der Waals surface area contributed by atoms with Crippen LogP contribution in [0.3, 0.4) is 0 Å². The van der Waals surface area contributed by atoms with Crippen molar-refractivity contribution in [2.75, 3.05) is 24.5 Å². The van der Waals surface area contributed by atoms with Crippen LogP contribution in [0.1, 0.15) is 6.42 Å². The van der Waals surface area contributed by atoms with Gasteiger partial charge in [0.15, 0.2) is 0 Å². The zero-order valence-corrected chi connectivity index (χ0v) is 7.32. The molecule has 0 aliphatic carbocycles. The molecule has 0 spiro atoms. The van der Waals surface area contributed by atoms with E-state index in [1.54, 1.807) is 17.2 Å². The van der Waals surface area contributed by atoms with Gasteiger partial charge in [-0.2, -0.15) is 0 Å². The lowest BCUT2D eigenvalue weighted by atomic mass is 10.4. The summed E-state index contributed by atoms with van der Waals surface area (Å²) in [6.07, 6.45) is 2.55. The minimum Gasteiger partial charge on any atom is -0.448 e. The van der Waals surface area contributed by atoms with Crippen LogP contribution in [-0.2, 0) is 4.79 Å². The van der Waals surface area contributed by atoms with Crippen molar-refractivity contribution in [2.24, 2.45) is 0 Å². The molecule has 0 bridgehead atoms. The zero-order chi connectivity index (χ0) is 9.10. The van der Waals surface area contributed by atoms with Crippen molar-refractivity contribution in [3.05, 3.63) is 18.4 Å². The molecule has 1 aromatic rings. The van der Waals surface area contributed by atoms with Crippen molar-refractivity contribution in [3.63, 3.8) is 0 Å². The van der Waals surface area contributed by atoms with E-state index in [1.807, 2.05) is 6.07 Å². The van der Waals surface area contributed by atoms with E-state index in [0.29, 0.717) is 12.4 Å². The molecule has 1 amide bonds. The van der Waals surface area contributed by atoms with Crippen LogP contribution in [0, 0.1) is 0 Å². The fourth-order valence-corrected chi connectivity index (χ4v) is 1.43. The van der Waals surface area contributed by atoms with Crippen molar-refractivity contribution < 1.29 is 9.21 Å². The average molecular weight is 180 g/mol. The van der Waals surface area contributed by atoms with E-state index in [0.717, 1.165) is 19.5 Å². The summed E-state index contributed by atoms with van der Waals surface area (Å²) in [5, 5.41) is 3.06. The topological polar surface area (TPSA) is 45.5 Å². The summed E-state index contributed by atoms with van der Waals surface area (Å²) >= 11 is 0. The molecule has 1 saturated heterocycles. The van der Waals surface area contributed by atoms with Gasteiger partial charge >= 0.3 is 0 Å². The maximum atomic E-state index is 11.5. The third-order valence-corrected chi connectivity index (χ3v) is 2.08. The first-order valence-electron chi connectivity index (χ1n) is 4.42. The number of furan rings is 1. The van der Waals surface area contributed by atoms with Crippen LogP contribution in [0.2, 0.25) is 0 Å². The van der Waals surface area contributed by atoms with Gasteiger partial charge in [0.05, 0.1) is 12.8 Å². The second-order valence-corrected chi connectivity index (χ2v) is 3.03. The van der Waals surface area contributed by atoms with Gasteiger partial charge in [0, 0.05) is 12.6 Å². The summed E-state index contributed by atoms with van der Waals surface area (Å²) in [4.78, 5) is 13.2. The predicted molar refractivity (Wildman–Crippen MR) is 48.5 cm³/mol. The lowest BCUT2D eigenvalue weighted by Gasteiger charge is -2.16. The smallest absolute Gasteiger partial charge is 0.243 e. The molecule has 0 saturated carbocycles. The Bertz CT molecular complexity index is 282. The Morgan fingerprint density at radius 3 is 3.23 bits per heavy atom. The molecule has 4 heteroatoms. The Labute approximate surface area is 76.5 Å². The molecule has 4 nitrogen and oxygen atoms in total. The first kappa shape index (κ1) is 8.31. The number of nitrogens with zero attached hydrogens (tertiary/aromatic N) is 1. The molecule has 70 valence electrons. The quantitative estimate of drug-likeness (QED) is 0.688. The molecule has 0 radical (unpaired) electrons. The molecule has 2 heterocycles. The summed E-state index contributed by atoms with van der Waals surface area (Å²) in [6.45, 7) is 2.03. The van der Waals surface area contributed by atoms with Gasteiger partial charge in [-0.05, 0) is 19.0 Å². The first-order chi connectivity index (χ1) is 6.38. The average Bonchev–Trinajstić information content (AvgIpc) is 2.56. The van der Waals surface area contributed by atoms with Gasteiger partial charge in [0.2, 0.25) is 11.8 Å². The van der Waals surface area contributed by atoms with Crippen molar-refractivity contribution in [1.29, 1.82) is 0 Å². The van der Waals surface area contributed by atoms with Crippen LogP contribution in [0.25, 0.3) is 0 Å². The SMILES string of the molecule is O=C1CNCCCN1c1ccco1. The van der Waals surface area contributed by atoms with Crippen LogP contribution in [-0.4, -0.2) is 25.5 Å². The van der Waals surface area contributed by atoms with Crippen LogP contribution < -0.4 is 10.2 Å². The molecule has 1 fully saturated rings. The molecule has 1 aliphatic rings. The van der Waals surface area contributed by atoms with E-state index in [9.17, 15) is 4.79 Å². The maximum Gasteiger partial charge on any atom is 0.243 e. The number of hydrogen-bond donors (Lipinski definition) is 1. The molecule has 0 atom stereocenters. The highest BCUT2D eigenvalue weighted by atomic mass is 16.3. The van der Waals surface area contributed by atoms with Gasteiger partial charge in [-0.1, -0.05) is 0 Å². The molecule has 13 heavy (non-hydrogen) atoms. The Morgan fingerprint density at radius 2 is 2.46 bits per heavy atom. The van der Waals surface area contributed by atoms with E-state index >= 15 is 0 Å². The maximum absolute atomic E-state index is 11.5.